The molecule has 1 aromatic carbocycles. The van der Waals surface area contributed by atoms with Gasteiger partial charge < -0.3 is 15.4 Å². The van der Waals surface area contributed by atoms with Gasteiger partial charge in [-0.2, -0.15) is 0 Å². The molecule has 0 aliphatic heterocycles. The third kappa shape index (κ3) is 2.49. The van der Waals surface area contributed by atoms with Gasteiger partial charge in [-0.05, 0) is 48.9 Å². The maximum Gasteiger partial charge on any atom is 0.251 e. The van der Waals surface area contributed by atoms with Crippen molar-refractivity contribution in [3.8, 4) is 0 Å². The Balaban J connectivity index is 1.66. The van der Waals surface area contributed by atoms with E-state index in [0.29, 0.717) is 12.1 Å². The Hall–Kier alpha value is -1.81. The Kier molecular flexibility index (Phi) is 3.03. The molecule has 0 unspecified atom stereocenters. The van der Waals surface area contributed by atoms with Gasteiger partial charge >= 0.3 is 0 Å². The van der Waals surface area contributed by atoms with Crippen LogP contribution in [0.25, 0.3) is 10.9 Å². The van der Waals surface area contributed by atoms with Gasteiger partial charge in [0.1, 0.15) is 0 Å². The maximum atomic E-state index is 12.1. The van der Waals surface area contributed by atoms with Crippen LogP contribution in [0.5, 0.6) is 0 Å². The average molecular weight is 258 g/mol. The molecule has 1 amide bonds. The monoisotopic (exact) mass is 258 g/mol. The highest BCUT2D eigenvalue weighted by Crippen LogP contribution is 2.47. The number of aliphatic hydroxyl groups excluding tert-OH is 1. The van der Waals surface area contributed by atoms with Crippen molar-refractivity contribution in [3.63, 3.8) is 0 Å². The lowest BCUT2D eigenvalue weighted by atomic mass is 10.0. The first kappa shape index (κ1) is 12.2. The van der Waals surface area contributed by atoms with Gasteiger partial charge in [0.25, 0.3) is 5.91 Å². The van der Waals surface area contributed by atoms with Crippen molar-refractivity contribution in [2.75, 3.05) is 13.2 Å². The second-order valence-corrected chi connectivity index (χ2v) is 5.44. The topological polar surface area (TPSA) is 65.1 Å². The molecule has 0 bridgehead atoms. The second kappa shape index (κ2) is 4.70. The summed E-state index contributed by atoms with van der Waals surface area (Å²) in [5, 5.41) is 13.0. The molecule has 2 aromatic rings. The number of rotatable bonds is 5. The molecular weight excluding hydrogens is 240 g/mol. The molecule has 1 aromatic heterocycles. The fourth-order valence-electron chi connectivity index (χ4n) is 2.49. The number of H-pyrrole nitrogens is 1. The van der Waals surface area contributed by atoms with Crippen LogP contribution in [0.3, 0.4) is 0 Å². The quantitative estimate of drug-likeness (QED) is 0.768. The molecular formula is C15H18N2O2. The van der Waals surface area contributed by atoms with E-state index in [1.165, 1.54) is 0 Å². The summed E-state index contributed by atoms with van der Waals surface area (Å²) in [6.45, 7) is 0.864. The van der Waals surface area contributed by atoms with Crippen LogP contribution in [0.1, 0.15) is 29.6 Å². The fraction of sp³-hybridized carbons (Fsp3) is 0.400. The fourth-order valence-corrected chi connectivity index (χ4v) is 2.49. The summed E-state index contributed by atoms with van der Waals surface area (Å²) < 4.78 is 0. The molecule has 1 aliphatic carbocycles. The lowest BCUT2D eigenvalue weighted by Crippen LogP contribution is -2.30. The van der Waals surface area contributed by atoms with Gasteiger partial charge in [-0.3, -0.25) is 4.79 Å². The first-order valence-electron chi connectivity index (χ1n) is 6.69. The van der Waals surface area contributed by atoms with E-state index in [1.54, 1.807) is 0 Å². The summed E-state index contributed by atoms with van der Waals surface area (Å²) in [4.78, 5) is 15.2. The lowest BCUT2D eigenvalue weighted by Gasteiger charge is -2.14. The van der Waals surface area contributed by atoms with Crippen LogP contribution in [0.2, 0.25) is 0 Å². The minimum absolute atomic E-state index is 0.0349. The summed E-state index contributed by atoms with van der Waals surface area (Å²) in [6.07, 6.45) is 4.85. The van der Waals surface area contributed by atoms with Crippen molar-refractivity contribution in [2.45, 2.75) is 19.3 Å². The summed E-state index contributed by atoms with van der Waals surface area (Å²) in [7, 11) is 0. The Morgan fingerprint density at radius 3 is 2.95 bits per heavy atom. The van der Waals surface area contributed by atoms with Crippen molar-refractivity contribution >= 4 is 16.8 Å². The molecule has 0 saturated heterocycles. The van der Waals surface area contributed by atoms with Gasteiger partial charge in [-0.25, -0.2) is 0 Å². The summed E-state index contributed by atoms with van der Waals surface area (Å²) in [5.41, 5.74) is 1.88. The Morgan fingerprint density at radius 1 is 1.37 bits per heavy atom. The molecule has 4 heteroatoms. The molecule has 4 nitrogen and oxygen atoms in total. The molecule has 3 N–H and O–H groups in total. The van der Waals surface area contributed by atoms with Crippen molar-refractivity contribution in [2.24, 2.45) is 5.41 Å². The van der Waals surface area contributed by atoms with E-state index in [9.17, 15) is 4.79 Å². The number of benzene rings is 1. The van der Waals surface area contributed by atoms with E-state index in [0.717, 1.165) is 30.2 Å². The van der Waals surface area contributed by atoms with Gasteiger partial charge in [-0.1, -0.05) is 0 Å². The van der Waals surface area contributed by atoms with Crippen molar-refractivity contribution in [3.05, 3.63) is 36.0 Å². The van der Waals surface area contributed by atoms with E-state index >= 15 is 0 Å². The van der Waals surface area contributed by atoms with E-state index < -0.39 is 0 Å². The Labute approximate surface area is 111 Å². The minimum Gasteiger partial charge on any atom is -0.396 e. The predicted octanol–water partition coefficient (Wildman–Crippen LogP) is 2.06. The smallest absolute Gasteiger partial charge is 0.251 e. The third-order valence-electron chi connectivity index (χ3n) is 4.04. The van der Waals surface area contributed by atoms with E-state index in [4.69, 9.17) is 5.11 Å². The molecule has 100 valence electrons. The maximum absolute atomic E-state index is 12.1. The predicted molar refractivity (Wildman–Crippen MR) is 74.0 cm³/mol. The molecule has 1 fully saturated rings. The third-order valence-corrected chi connectivity index (χ3v) is 4.04. The number of aromatic amines is 1. The highest BCUT2D eigenvalue weighted by atomic mass is 16.3. The lowest BCUT2D eigenvalue weighted by molar-refractivity contribution is 0.0941. The zero-order valence-electron chi connectivity index (χ0n) is 10.8. The number of hydrogen-bond acceptors (Lipinski definition) is 2. The van der Waals surface area contributed by atoms with Crippen LogP contribution in [0.4, 0.5) is 0 Å². The molecule has 3 rings (SSSR count). The Morgan fingerprint density at radius 2 is 2.21 bits per heavy atom. The number of fused-ring (bicyclic) bond motifs is 1. The number of aliphatic hydroxyl groups is 1. The standard InChI is InChI=1S/C15H18N2O2/c18-8-6-15(4-5-15)10-17-14(19)12-1-2-13-11(9-12)3-7-16-13/h1-3,7,9,16,18H,4-6,8,10H2,(H,17,19). The first-order valence-corrected chi connectivity index (χ1v) is 6.69. The molecule has 19 heavy (non-hydrogen) atoms. The highest BCUT2D eigenvalue weighted by molar-refractivity contribution is 5.98. The number of carbonyl (C=O) groups excluding carboxylic acids is 1. The van der Waals surface area contributed by atoms with Gasteiger partial charge in [0.2, 0.25) is 0 Å². The molecule has 0 spiro atoms. The summed E-state index contributed by atoms with van der Waals surface area (Å²) >= 11 is 0. The molecule has 1 aliphatic rings. The highest BCUT2D eigenvalue weighted by Gasteiger charge is 2.41. The van der Waals surface area contributed by atoms with E-state index in [2.05, 4.69) is 10.3 Å². The van der Waals surface area contributed by atoms with Crippen molar-refractivity contribution < 1.29 is 9.90 Å². The van der Waals surface area contributed by atoms with Gasteiger partial charge in [0.05, 0.1) is 0 Å². The van der Waals surface area contributed by atoms with Gasteiger partial charge in [0.15, 0.2) is 0 Å². The number of aromatic nitrogens is 1. The average Bonchev–Trinajstić information content (AvgIpc) is 3.02. The normalized spacial score (nSPS) is 16.5. The molecule has 0 atom stereocenters. The summed E-state index contributed by atoms with van der Waals surface area (Å²) in [6, 6.07) is 7.61. The van der Waals surface area contributed by atoms with Crippen LogP contribution < -0.4 is 5.32 Å². The Bertz CT molecular complexity index is 599. The minimum atomic E-state index is -0.0349. The SMILES string of the molecule is O=C(NCC1(CCO)CC1)c1ccc2[nH]ccc2c1. The van der Waals surface area contributed by atoms with Crippen molar-refractivity contribution in [1.82, 2.24) is 10.3 Å². The number of hydrogen-bond donors (Lipinski definition) is 3. The van der Waals surface area contributed by atoms with E-state index in [-0.39, 0.29) is 17.9 Å². The zero-order valence-corrected chi connectivity index (χ0v) is 10.8. The van der Waals surface area contributed by atoms with E-state index in [1.807, 2.05) is 30.5 Å². The van der Waals surface area contributed by atoms with Crippen molar-refractivity contribution in [1.29, 1.82) is 0 Å². The number of amides is 1. The number of carbonyl (C=O) groups is 1. The molecule has 1 saturated carbocycles. The van der Waals surface area contributed by atoms with Crippen LogP contribution in [-0.2, 0) is 0 Å². The zero-order chi connectivity index (χ0) is 13.3. The van der Waals surface area contributed by atoms with Crippen LogP contribution in [0.15, 0.2) is 30.5 Å². The molecule has 1 heterocycles. The van der Waals surface area contributed by atoms with Gasteiger partial charge in [0, 0.05) is 35.8 Å². The van der Waals surface area contributed by atoms with Gasteiger partial charge in [-0.15, -0.1) is 0 Å². The van der Waals surface area contributed by atoms with Crippen LogP contribution in [0, 0.1) is 5.41 Å². The summed E-state index contributed by atoms with van der Waals surface area (Å²) in [5.74, 6) is -0.0349. The number of nitrogens with one attached hydrogen (secondary N) is 2. The largest absolute Gasteiger partial charge is 0.396 e. The molecule has 0 radical (unpaired) electrons. The van der Waals surface area contributed by atoms with Crippen LogP contribution >= 0.6 is 0 Å². The first-order chi connectivity index (χ1) is 9.22. The van der Waals surface area contributed by atoms with Crippen LogP contribution in [-0.4, -0.2) is 29.1 Å². The second-order valence-electron chi connectivity index (χ2n) is 5.44.